The van der Waals surface area contributed by atoms with E-state index in [-0.39, 0.29) is 12.6 Å². The third kappa shape index (κ3) is 2.86. The molecule has 5 heteroatoms. The maximum absolute atomic E-state index is 9.08. The summed E-state index contributed by atoms with van der Waals surface area (Å²) in [6, 6.07) is 0.530. The molecule has 1 heterocycles. The lowest BCUT2D eigenvalue weighted by molar-refractivity contribution is 0.245. The normalized spacial score (nSPS) is 25.1. The van der Waals surface area contributed by atoms with Gasteiger partial charge in [0.2, 0.25) is 5.88 Å². The third-order valence-electron chi connectivity index (χ3n) is 3.09. The summed E-state index contributed by atoms with van der Waals surface area (Å²) < 4.78 is 9.40. The maximum atomic E-state index is 9.08. The SMILES string of the molecule is COc1nscc1C(C)N[C@@H]1C=C[C@H](CO)C1. The zero-order chi connectivity index (χ0) is 12.3. The molecule has 1 unspecified atom stereocenters. The number of ether oxygens (including phenoxy) is 1. The summed E-state index contributed by atoms with van der Waals surface area (Å²) >= 11 is 1.41. The van der Waals surface area contributed by atoms with Gasteiger partial charge in [0.25, 0.3) is 0 Å². The van der Waals surface area contributed by atoms with E-state index in [9.17, 15) is 0 Å². The van der Waals surface area contributed by atoms with Gasteiger partial charge in [-0.2, -0.15) is 4.37 Å². The van der Waals surface area contributed by atoms with Crippen LogP contribution in [-0.2, 0) is 0 Å². The molecule has 4 nitrogen and oxygen atoms in total. The van der Waals surface area contributed by atoms with E-state index in [1.54, 1.807) is 7.11 Å². The van der Waals surface area contributed by atoms with Crippen LogP contribution in [0, 0.1) is 5.92 Å². The molecule has 3 atom stereocenters. The number of hydrogen-bond donors (Lipinski definition) is 2. The molecule has 0 spiro atoms. The highest BCUT2D eigenvalue weighted by molar-refractivity contribution is 7.03. The van der Waals surface area contributed by atoms with Crippen LogP contribution < -0.4 is 10.1 Å². The van der Waals surface area contributed by atoms with Crippen molar-refractivity contribution in [3.8, 4) is 5.88 Å². The molecule has 1 aliphatic rings. The van der Waals surface area contributed by atoms with Crippen LogP contribution in [0.4, 0.5) is 0 Å². The molecule has 2 rings (SSSR count). The molecule has 0 aliphatic heterocycles. The van der Waals surface area contributed by atoms with Gasteiger partial charge in [0, 0.05) is 35.6 Å². The third-order valence-corrected chi connectivity index (χ3v) is 3.72. The Morgan fingerprint density at radius 1 is 1.65 bits per heavy atom. The molecule has 17 heavy (non-hydrogen) atoms. The highest BCUT2D eigenvalue weighted by Gasteiger charge is 2.22. The van der Waals surface area contributed by atoms with Gasteiger partial charge in [0.15, 0.2) is 0 Å². The van der Waals surface area contributed by atoms with Gasteiger partial charge >= 0.3 is 0 Å². The highest BCUT2D eigenvalue weighted by atomic mass is 32.1. The number of nitrogens with zero attached hydrogens (tertiary/aromatic N) is 1. The molecule has 0 saturated carbocycles. The Kier molecular flexibility index (Phi) is 4.15. The molecule has 0 aromatic carbocycles. The lowest BCUT2D eigenvalue weighted by Gasteiger charge is -2.18. The van der Waals surface area contributed by atoms with Crippen LogP contribution >= 0.6 is 11.5 Å². The summed E-state index contributed by atoms with van der Waals surface area (Å²) in [6.07, 6.45) is 5.16. The average Bonchev–Trinajstić information content (AvgIpc) is 2.96. The standard InChI is InChI=1S/C12H18N2O2S/c1-8(11-7-17-14-12(11)16-2)13-10-4-3-9(5-10)6-15/h3-4,7-10,13,15H,5-6H2,1-2H3/t8?,9-,10+/m0/s1. The molecular weight excluding hydrogens is 236 g/mol. The second-order valence-electron chi connectivity index (χ2n) is 4.34. The zero-order valence-electron chi connectivity index (χ0n) is 10.1. The second-order valence-corrected chi connectivity index (χ2v) is 4.97. The number of aliphatic hydroxyl groups excluding tert-OH is 1. The van der Waals surface area contributed by atoms with Crippen molar-refractivity contribution >= 4 is 11.5 Å². The van der Waals surface area contributed by atoms with Crippen LogP contribution in [0.3, 0.4) is 0 Å². The molecule has 1 aliphatic carbocycles. The van der Waals surface area contributed by atoms with Gasteiger partial charge in [-0.3, -0.25) is 0 Å². The monoisotopic (exact) mass is 254 g/mol. The Labute approximate surface area is 105 Å². The number of hydrogen-bond acceptors (Lipinski definition) is 5. The summed E-state index contributed by atoms with van der Waals surface area (Å²) in [5.41, 5.74) is 1.10. The summed E-state index contributed by atoms with van der Waals surface area (Å²) in [6.45, 7) is 2.33. The van der Waals surface area contributed by atoms with Gasteiger partial charge in [0.1, 0.15) is 0 Å². The Morgan fingerprint density at radius 2 is 2.47 bits per heavy atom. The van der Waals surface area contributed by atoms with Crippen molar-refractivity contribution in [1.82, 2.24) is 9.69 Å². The Morgan fingerprint density at radius 3 is 3.12 bits per heavy atom. The Hall–Kier alpha value is -0.910. The predicted octanol–water partition coefficient (Wildman–Crippen LogP) is 1.74. The quantitative estimate of drug-likeness (QED) is 0.786. The molecule has 0 radical (unpaired) electrons. The van der Waals surface area contributed by atoms with Gasteiger partial charge in [-0.05, 0) is 24.9 Å². The largest absolute Gasteiger partial charge is 0.480 e. The molecule has 0 bridgehead atoms. The minimum absolute atomic E-state index is 0.204. The van der Waals surface area contributed by atoms with Crippen LogP contribution in [0.5, 0.6) is 5.88 Å². The molecule has 0 saturated heterocycles. The van der Waals surface area contributed by atoms with E-state index in [2.05, 4.69) is 28.8 Å². The Bertz CT molecular complexity index is 392. The van der Waals surface area contributed by atoms with Gasteiger partial charge < -0.3 is 15.2 Å². The molecule has 94 valence electrons. The fraction of sp³-hybridized carbons (Fsp3) is 0.583. The van der Waals surface area contributed by atoms with E-state index in [4.69, 9.17) is 9.84 Å². The zero-order valence-corrected chi connectivity index (χ0v) is 10.9. The molecule has 0 fully saturated rings. The van der Waals surface area contributed by atoms with Crippen molar-refractivity contribution in [3.63, 3.8) is 0 Å². The highest BCUT2D eigenvalue weighted by Crippen LogP contribution is 2.27. The summed E-state index contributed by atoms with van der Waals surface area (Å²) in [5, 5.41) is 14.6. The first-order valence-electron chi connectivity index (χ1n) is 5.78. The van der Waals surface area contributed by atoms with E-state index in [0.717, 1.165) is 12.0 Å². The van der Waals surface area contributed by atoms with Crippen LogP contribution in [0.25, 0.3) is 0 Å². The van der Waals surface area contributed by atoms with E-state index < -0.39 is 0 Å². The number of nitrogens with one attached hydrogen (secondary N) is 1. The van der Waals surface area contributed by atoms with Crippen LogP contribution in [0.15, 0.2) is 17.5 Å². The van der Waals surface area contributed by atoms with E-state index in [1.165, 1.54) is 11.5 Å². The number of aromatic nitrogens is 1. The number of rotatable bonds is 5. The molecular formula is C12H18N2O2S. The smallest absolute Gasteiger partial charge is 0.229 e. The van der Waals surface area contributed by atoms with Crippen LogP contribution in [0.2, 0.25) is 0 Å². The van der Waals surface area contributed by atoms with Crippen molar-refractivity contribution in [2.75, 3.05) is 13.7 Å². The molecule has 1 aromatic heterocycles. The number of methoxy groups -OCH3 is 1. The minimum atomic E-state index is 0.204. The predicted molar refractivity (Wildman–Crippen MR) is 68.3 cm³/mol. The summed E-state index contributed by atoms with van der Waals surface area (Å²) in [7, 11) is 1.64. The maximum Gasteiger partial charge on any atom is 0.229 e. The topological polar surface area (TPSA) is 54.4 Å². The van der Waals surface area contributed by atoms with E-state index in [1.807, 2.05) is 5.38 Å². The molecule has 1 aromatic rings. The van der Waals surface area contributed by atoms with Crippen molar-refractivity contribution in [2.24, 2.45) is 5.92 Å². The van der Waals surface area contributed by atoms with Gasteiger partial charge in [-0.15, -0.1) is 0 Å². The van der Waals surface area contributed by atoms with Crippen molar-refractivity contribution < 1.29 is 9.84 Å². The van der Waals surface area contributed by atoms with E-state index in [0.29, 0.717) is 17.8 Å². The van der Waals surface area contributed by atoms with Gasteiger partial charge in [0.05, 0.1) is 7.11 Å². The van der Waals surface area contributed by atoms with Gasteiger partial charge in [-0.1, -0.05) is 12.2 Å². The summed E-state index contributed by atoms with van der Waals surface area (Å²) in [4.78, 5) is 0. The minimum Gasteiger partial charge on any atom is -0.480 e. The van der Waals surface area contributed by atoms with Crippen molar-refractivity contribution in [3.05, 3.63) is 23.1 Å². The van der Waals surface area contributed by atoms with Crippen LogP contribution in [0.1, 0.15) is 24.9 Å². The summed E-state index contributed by atoms with van der Waals surface area (Å²) in [5.74, 6) is 0.998. The first kappa shape index (κ1) is 12.5. The number of aliphatic hydroxyl groups is 1. The first-order valence-corrected chi connectivity index (χ1v) is 6.61. The van der Waals surface area contributed by atoms with Gasteiger partial charge in [-0.25, -0.2) is 0 Å². The lowest BCUT2D eigenvalue weighted by atomic mass is 10.1. The van der Waals surface area contributed by atoms with E-state index >= 15 is 0 Å². The fourth-order valence-electron chi connectivity index (χ4n) is 2.12. The average molecular weight is 254 g/mol. The lowest BCUT2D eigenvalue weighted by Crippen LogP contribution is -2.29. The van der Waals surface area contributed by atoms with Crippen molar-refractivity contribution in [1.29, 1.82) is 0 Å². The molecule has 0 amide bonds. The Balaban J connectivity index is 1.94. The van der Waals surface area contributed by atoms with Crippen molar-refractivity contribution in [2.45, 2.75) is 25.4 Å². The second kappa shape index (κ2) is 5.62. The van der Waals surface area contributed by atoms with Crippen LogP contribution in [-0.4, -0.2) is 29.2 Å². The fourth-order valence-corrected chi connectivity index (χ4v) is 2.87. The molecule has 2 N–H and O–H groups in total. The first-order chi connectivity index (χ1) is 8.24.